The quantitative estimate of drug-likeness (QED) is 0.418. The van der Waals surface area contributed by atoms with Gasteiger partial charge in [0.2, 0.25) is 0 Å². The number of aryl methyl sites for hydroxylation is 1. The molecule has 0 spiro atoms. The molecule has 0 unspecified atom stereocenters. The summed E-state index contributed by atoms with van der Waals surface area (Å²) in [5.74, 6) is 0.643. The van der Waals surface area contributed by atoms with Gasteiger partial charge >= 0.3 is 0 Å². The summed E-state index contributed by atoms with van der Waals surface area (Å²) in [6.45, 7) is 2.05. The maximum Gasteiger partial charge on any atom is 0.266 e. The lowest BCUT2D eigenvalue weighted by Gasteiger charge is -2.11. The molecule has 30 heavy (non-hydrogen) atoms. The van der Waals surface area contributed by atoms with Gasteiger partial charge in [-0.3, -0.25) is 9.78 Å². The number of rotatable bonds is 6. The summed E-state index contributed by atoms with van der Waals surface area (Å²) < 4.78 is 26.1. The van der Waals surface area contributed by atoms with Crippen molar-refractivity contribution in [2.75, 3.05) is 12.4 Å². The van der Waals surface area contributed by atoms with E-state index in [1.54, 1.807) is 42.7 Å². The predicted octanol–water partition coefficient (Wildman–Crippen LogP) is 5.93. The Bertz CT molecular complexity index is 1210. The Kier molecular flexibility index (Phi) is 5.74. The van der Waals surface area contributed by atoms with Crippen molar-refractivity contribution in [2.45, 2.75) is 13.5 Å². The smallest absolute Gasteiger partial charge is 0.266 e. The monoisotopic (exact) mass is 422 g/mol. The number of nitrogens with zero attached hydrogens (tertiary/aromatic N) is 1. The third-order valence-electron chi connectivity index (χ3n) is 4.55. The van der Waals surface area contributed by atoms with Gasteiger partial charge in [-0.05, 0) is 55.0 Å². The second-order valence-electron chi connectivity index (χ2n) is 6.68. The molecule has 0 aliphatic rings. The number of carbonyl (C=O) groups excluding carboxylic acids is 1. The van der Waals surface area contributed by atoms with E-state index in [4.69, 9.17) is 9.47 Å². The fourth-order valence-corrected chi connectivity index (χ4v) is 4.31. The van der Waals surface area contributed by atoms with Gasteiger partial charge in [0, 0.05) is 34.6 Å². The number of ether oxygens (including phenoxy) is 2. The van der Waals surface area contributed by atoms with Crippen molar-refractivity contribution in [3.05, 3.63) is 82.7 Å². The van der Waals surface area contributed by atoms with Gasteiger partial charge in [-0.15, -0.1) is 11.3 Å². The molecule has 0 saturated heterocycles. The molecule has 5 nitrogen and oxygen atoms in total. The fourth-order valence-electron chi connectivity index (χ4n) is 3.20. The predicted molar refractivity (Wildman–Crippen MR) is 116 cm³/mol. The minimum Gasteiger partial charge on any atom is -0.455 e. The number of halogens is 1. The van der Waals surface area contributed by atoms with E-state index in [9.17, 15) is 9.18 Å². The third-order valence-corrected chi connectivity index (χ3v) is 5.75. The summed E-state index contributed by atoms with van der Waals surface area (Å²) in [7, 11) is 1.52. The summed E-state index contributed by atoms with van der Waals surface area (Å²) in [4.78, 5) is 17.4. The van der Waals surface area contributed by atoms with Crippen molar-refractivity contribution in [1.29, 1.82) is 0 Å². The van der Waals surface area contributed by atoms with Crippen molar-refractivity contribution in [1.82, 2.24) is 4.98 Å². The Morgan fingerprint density at radius 2 is 2.07 bits per heavy atom. The summed E-state index contributed by atoms with van der Waals surface area (Å²) in [6, 6.07) is 13.8. The van der Waals surface area contributed by atoms with Crippen LogP contribution in [0.2, 0.25) is 0 Å². The van der Waals surface area contributed by atoms with Gasteiger partial charge in [0.25, 0.3) is 5.91 Å². The molecule has 1 N–H and O–H groups in total. The number of pyridine rings is 1. The number of fused-ring (bicyclic) bond motifs is 1. The minimum absolute atomic E-state index is 0.153. The maximum absolute atomic E-state index is 14.4. The van der Waals surface area contributed by atoms with Gasteiger partial charge in [0.1, 0.15) is 17.3 Å². The number of hydrogen-bond acceptors (Lipinski definition) is 5. The highest BCUT2D eigenvalue weighted by atomic mass is 32.1. The van der Waals surface area contributed by atoms with Crippen LogP contribution in [0.5, 0.6) is 11.5 Å². The number of thiophene rings is 1. The molecule has 2 aromatic carbocycles. The van der Waals surface area contributed by atoms with Crippen molar-refractivity contribution in [3.8, 4) is 11.5 Å². The second-order valence-corrected chi connectivity index (χ2v) is 7.73. The number of amides is 1. The van der Waals surface area contributed by atoms with Gasteiger partial charge in [-0.2, -0.15) is 0 Å². The molecule has 0 bridgehead atoms. The normalized spacial score (nSPS) is 10.9. The maximum atomic E-state index is 14.4. The van der Waals surface area contributed by atoms with Crippen LogP contribution in [-0.2, 0) is 11.3 Å². The van der Waals surface area contributed by atoms with Crippen LogP contribution in [0.3, 0.4) is 0 Å². The van der Waals surface area contributed by atoms with Crippen molar-refractivity contribution in [3.63, 3.8) is 0 Å². The SMILES string of the molecule is COCc1c(C(=O)Nc2ccc(Oc3cccnc3)c(C)c2)sc2cccc(F)c12. The lowest BCUT2D eigenvalue weighted by molar-refractivity contribution is 0.102. The molecule has 0 radical (unpaired) electrons. The largest absolute Gasteiger partial charge is 0.455 e. The van der Waals surface area contributed by atoms with E-state index < -0.39 is 0 Å². The van der Waals surface area contributed by atoms with Gasteiger partial charge in [0.15, 0.2) is 0 Å². The van der Waals surface area contributed by atoms with Crippen LogP contribution in [0.25, 0.3) is 10.1 Å². The Morgan fingerprint density at radius 3 is 2.80 bits per heavy atom. The number of hydrogen-bond donors (Lipinski definition) is 1. The number of nitrogens with one attached hydrogen (secondary N) is 1. The van der Waals surface area contributed by atoms with E-state index in [1.165, 1.54) is 24.5 Å². The summed E-state index contributed by atoms with van der Waals surface area (Å²) in [6.07, 6.45) is 3.31. The molecule has 0 aliphatic heterocycles. The zero-order valence-corrected chi connectivity index (χ0v) is 17.3. The van der Waals surface area contributed by atoms with Crippen molar-refractivity contribution < 1.29 is 18.7 Å². The van der Waals surface area contributed by atoms with Gasteiger partial charge in [0.05, 0.1) is 17.7 Å². The average molecular weight is 422 g/mol. The summed E-state index contributed by atoms with van der Waals surface area (Å²) in [5, 5.41) is 3.33. The van der Waals surface area contributed by atoms with Crippen LogP contribution in [0.1, 0.15) is 20.8 Å². The zero-order chi connectivity index (χ0) is 21.1. The zero-order valence-electron chi connectivity index (χ0n) is 16.4. The van der Waals surface area contributed by atoms with E-state index in [-0.39, 0.29) is 18.3 Å². The van der Waals surface area contributed by atoms with Crippen LogP contribution in [-0.4, -0.2) is 18.0 Å². The first-order chi connectivity index (χ1) is 14.6. The number of anilines is 1. The molecule has 0 saturated carbocycles. The highest BCUT2D eigenvalue weighted by Gasteiger charge is 2.21. The lowest BCUT2D eigenvalue weighted by atomic mass is 10.1. The molecular weight excluding hydrogens is 403 g/mol. The molecule has 2 heterocycles. The van der Waals surface area contributed by atoms with Crippen LogP contribution < -0.4 is 10.1 Å². The van der Waals surface area contributed by atoms with Crippen LogP contribution in [0.15, 0.2) is 60.9 Å². The average Bonchev–Trinajstić information content (AvgIpc) is 3.11. The Balaban J connectivity index is 1.59. The molecule has 1 amide bonds. The van der Waals surface area contributed by atoms with Crippen molar-refractivity contribution >= 4 is 33.0 Å². The van der Waals surface area contributed by atoms with Gasteiger partial charge < -0.3 is 14.8 Å². The molecule has 0 aliphatic carbocycles. The fraction of sp³-hybridized carbons (Fsp3) is 0.130. The molecule has 0 fully saturated rings. The highest BCUT2D eigenvalue weighted by Crippen LogP contribution is 2.34. The van der Waals surface area contributed by atoms with E-state index in [0.717, 1.165) is 5.56 Å². The van der Waals surface area contributed by atoms with E-state index in [0.29, 0.717) is 37.7 Å². The number of carbonyl (C=O) groups is 1. The van der Waals surface area contributed by atoms with E-state index in [1.807, 2.05) is 19.1 Å². The highest BCUT2D eigenvalue weighted by molar-refractivity contribution is 7.21. The Hall–Kier alpha value is -3.29. The summed E-state index contributed by atoms with van der Waals surface area (Å²) >= 11 is 1.25. The van der Waals surface area contributed by atoms with Gasteiger partial charge in [-0.1, -0.05) is 6.07 Å². The molecule has 4 aromatic rings. The topological polar surface area (TPSA) is 60.5 Å². The minimum atomic E-state index is -0.359. The molecule has 7 heteroatoms. The first-order valence-electron chi connectivity index (χ1n) is 9.25. The molecule has 152 valence electrons. The summed E-state index contributed by atoms with van der Waals surface area (Å²) in [5.41, 5.74) is 2.04. The number of methoxy groups -OCH3 is 1. The third kappa shape index (κ3) is 4.03. The Morgan fingerprint density at radius 1 is 1.20 bits per heavy atom. The van der Waals surface area contributed by atoms with E-state index in [2.05, 4.69) is 10.3 Å². The molecule has 0 atom stereocenters. The number of aromatic nitrogens is 1. The van der Waals surface area contributed by atoms with Crippen LogP contribution in [0, 0.1) is 12.7 Å². The first kappa shape index (κ1) is 20.0. The lowest BCUT2D eigenvalue weighted by Crippen LogP contribution is -2.12. The Labute approximate surface area is 177 Å². The first-order valence-corrected chi connectivity index (χ1v) is 10.1. The van der Waals surface area contributed by atoms with E-state index >= 15 is 0 Å². The molecule has 4 rings (SSSR count). The second kappa shape index (κ2) is 8.61. The van der Waals surface area contributed by atoms with Crippen LogP contribution >= 0.6 is 11.3 Å². The van der Waals surface area contributed by atoms with Crippen molar-refractivity contribution in [2.24, 2.45) is 0 Å². The van der Waals surface area contributed by atoms with Crippen LogP contribution in [0.4, 0.5) is 10.1 Å². The number of benzene rings is 2. The van der Waals surface area contributed by atoms with Gasteiger partial charge in [-0.25, -0.2) is 4.39 Å². The molecular formula is C23H19FN2O3S. The molecule has 2 aromatic heterocycles. The standard InChI is InChI=1S/C23H19FN2O3S/c1-14-11-15(8-9-19(14)29-16-5-4-10-25-12-16)26-23(27)22-17(13-28-2)21-18(24)6-3-7-20(21)30-22/h3-12H,13H2,1-2H3,(H,26,27).